The minimum atomic E-state index is 0.434. The Labute approximate surface area is 120 Å². The van der Waals surface area contributed by atoms with Gasteiger partial charge < -0.3 is 4.42 Å². The number of rotatable bonds is 3. The van der Waals surface area contributed by atoms with E-state index < -0.39 is 0 Å². The molecular weight excluding hydrogens is 272 g/mol. The van der Waals surface area contributed by atoms with E-state index >= 15 is 0 Å². The largest absolute Gasteiger partial charge is 0.463 e. The van der Waals surface area contributed by atoms with E-state index in [1.165, 1.54) is 5.56 Å². The van der Waals surface area contributed by atoms with Gasteiger partial charge in [-0.15, -0.1) is 0 Å². The average Bonchev–Trinajstić information content (AvgIpc) is 3.07. The summed E-state index contributed by atoms with van der Waals surface area (Å²) in [5.41, 5.74) is 2.13. The number of hydrogen-bond acceptors (Lipinski definition) is 4. The molecular formula is C14H12N4OS. The molecule has 0 saturated carbocycles. The second-order valence-electron chi connectivity index (χ2n) is 4.29. The van der Waals surface area contributed by atoms with Gasteiger partial charge in [0, 0.05) is 5.56 Å². The van der Waals surface area contributed by atoms with Crippen LogP contribution >= 0.6 is 12.2 Å². The monoisotopic (exact) mass is 284 g/mol. The SMILES string of the molecule is Cc1ccc(-c2n[nH]c(=S)n2N=Cc2ccco2)cc1. The Bertz CT molecular complexity index is 781. The zero-order valence-corrected chi connectivity index (χ0v) is 11.6. The number of benzene rings is 1. The predicted octanol–water partition coefficient (Wildman–Crippen LogP) is 3.39. The van der Waals surface area contributed by atoms with Crippen LogP contribution in [-0.4, -0.2) is 21.1 Å². The van der Waals surface area contributed by atoms with E-state index in [1.54, 1.807) is 23.2 Å². The van der Waals surface area contributed by atoms with Crippen molar-refractivity contribution in [3.8, 4) is 11.4 Å². The number of aromatic nitrogens is 3. The molecule has 0 spiro atoms. The van der Waals surface area contributed by atoms with Crippen LogP contribution in [0, 0.1) is 11.7 Å². The van der Waals surface area contributed by atoms with E-state index in [0.717, 1.165) is 5.56 Å². The standard InChI is InChI=1S/C14H12N4OS/c1-10-4-6-11(7-5-10)13-16-17-14(20)18(13)15-9-12-3-2-8-19-12/h2-9H,1H3,(H,17,20). The molecule has 5 nitrogen and oxygen atoms in total. The van der Waals surface area contributed by atoms with Crippen molar-refractivity contribution in [3.05, 3.63) is 58.8 Å². The summed E-state index contributed by atoms with van der Waals surface area (Å²) in [5.74, 6) is 1.32. The fourth-order valence-corrected chi connectivity index (χ4v) is 1.95. The van der Waals surface area contributed by atoms with E-state index in [2.05, 4.69) is 15.3 Å². The Balaban J connectivity index is 2.01. The van der Waals surface area contributed by atoms with Gasteiger partial charge >= 0.3 is 0 Å². The fraction of sp³-hybridized carbons (Fsp3) is 0.0714. The van der Waals surface area contributed by atoms with Crippen LogP contribution in [0.2, 0.25) is 0 Å². The summed E-state index contributed by atoms with van der Waals surface area (Å²) in [6.45, 7) is 2.04. The Kier molecular flexibility index (Phi) is 3.30. The quantitative estimate of drug-likeness (QED) is 0.592. The number of nitrogens with zero attached hydrogens (tertiary/aromatic N) is 3. The summed E-state index contributed by atoms with van der Waals surface area (Å²) >= 11 is 5.19. The maximum atomic E-state index is 5.21. The van der Waals surface area contributed by atoms with Gasteiger partial charge in [0.25, 0.3) is 0 Å². The Morgan fingerprint density at radius 1 is 1.30 bits per heavy atom. The van der Waals surface area contributed by atoms with Crippen LogP contribution in [0.15, 0.2) is 52.2 Å². The van der Waals surface area contributed by atoms with Crippen molar-refractivity contribution in [2.45, 2.75) is 6.92 Å². The summed E-state index contributed by atoms with van der Waals surface area (Å²) in [7, 11) is 0. The zero-order valence-electron chi connectivity index (χ0n) is 10.8. The number of nitrogens with one attached hydrogen (secondary N) is 1. The van der Waals surface area contributed by atoms with Crippen LogP contribution in [0.5, 0.6) is 0 Å². The third kappa shape index (κ3) is 2.46. The summed E-state index contributed by atoms with van der Waals surface area (Å²) in [6, 6.07) is 11.6. The molecule has 6 heteroatoms. The highest BCUT2D eigenvalue weighted by molar-refractivity contribution is 7.71. The fourth-order valence-electron chi connectivity index (χ4n) is 1.77. The van der Waals surface area contributed by atoms with Gasteiger partial charge in [0.2, 0.25) is 4.77 Å². The minimum Gasteiger partial charge on any atom is -0.463 e. The van der Waals surface area contributed by atoms with E-state index in [1.807, 2.05) is 37.3 Å². The number of H-pyrrole nitrogens is 1. The van der Waals surface area contributed by atoms with Crippen LogP contribution in [0.25, 0.3) is 11.4 Å². The lowest BCUT2D eigenvalue weighted by Crippen LogP contribution is -1.94. The summed E-state index contributed by atoms with van der Waals surface area (Å²) in [4.78, 5) is 0. The molecule has 1 aromatic carbocycles. The third-order valence-corrected chi connectivity index (χ3v) is 3.07. The molecule has 0 unspecified atom stereocenters. The van der Waals surface area contributed by atoms with Crippen molar-refractivity contribution in [2.75, 3.05) is 0 Å². The number of furan rings is 1. The molecule has 0 aliphatic rings. The Morgan fingerprint density at radius 2 is 2.10 bits per heavy atom. The highest BCUT2D eigenvalue weighted by Gasteiger charge is 2.07. The molecule has 2 aromatic heterocycles. The van der Waals surface area contributed by atoms with Gasteiger partial charge in [-0.25, -0.2) is 5.10 Å². The molecule has 0 aliphatic heterocycles. The first-order valence-corrected chi connectivity index (χ1v) is 6.47. The van der Waals surface area contributed by atoms with E-state index in [-0.39, 0.29) is 0 Å². The van der Waals surface area contributed by atoms with Crippen LogP contribution in [-0.2, 0) is 0 Å². The van der Waals surface area contributed by atoms with Gasteiger partial charge in [0.1, 0.15) is 5.76 Å². The van der Waals surface area contributed by atoms with E-state index in [9.17, 15) is 0 Å². The highest BCUT2D eigenvalue weighted by Crippen LogP contribution is 2.17. The first-order valence-electron chi connectivity index (χ1n) is 6.06. The molecule has 20 heavy (non-hydrogen) atoms. The smallest absolute Gasteiger partial charge is 0.216 e. The van der Waals surface area contributed by atoms with Crippen molar-refractivity contribution in [1.29, 1.82) is 0 Å². The van der Waals surface area contributed by atoms with E-state index in [4.69, 9.17) is 16.6 Å². The average molecular weight is 284 g/mol. The molecule has 1 N–H and O–H groups in total. The molecule has 3 rings (SSSR count). The van der Waals surface area contributed by atoms with E-state index in [0.29, 0.717) is 16.4 Å². The van der Waals surface area contributed by atoms with Crippen molar-refractivity contribution >= 4 is 18.4 Å². The van der Waals surface area contributed by atoms with Gasteiger partial charge in [0.05, 0.1) is 12.5 Å². The number of aryl methyl sites for hydroxylation is 1. The van der Waals surface area contributed by atoms with Gasteiger partial charge in [-0.3, -0.25) is 0 Å². The first-order chi connectivity index (χ1) is 9.74. The van der Waals surface area contributed by atoms with Crippen molar-refractivity contribution in [2.24, 2.45) is 5.10 Å². The molecule has 0 radical (unpaired) electrons. The normalized spacial score (nSPS) is 11.2. The van der Waals surface area contributed by atoms with Gasteiger partial charge in [0.15, 0.2) is 5.82 Å². The molecule has 0 aliphatic carbocycles. The van der Waals surface area contributed by atoms with Crippen molar-refractivity contribution < 1.29 is 4.42 Å². The van der Waals surface area contributed by atoms with Gasteiger partial charge in [-0.05, 0) is 31.3 Å². The number of hydrogen-bond donors (Lipinski definition) is 1. The molecule has 100 valence electrons. The maximum Gasteiger partial charge on any atom is 0.216 e. The molecule has 0 atom stereocenters. The van der Waals surface area contributed by atoms with Crippen LogP contribution < -0.4 is 0 Å². The highest BCUT2D eigenvalue weighted by atomic mass is 32.1. The van der Waals surface area contributed by atoms with Crippen molar-refractivity contribution in [3.63, 3.8) is 0 Å². The number of aromatic amines is 1. The van der Waals surface area contributed by atoms with Gasteiger partial charge in [-0.2, -0.15) is 14.9 Å². The topological polar surface area (TPSA) is 59.1 Å². The second-order valence-corrected chi connectivity index (χ2v) is 4.68. The molecule has 0 saturated heterocycles. The molecule has 0 amide bonds. The van der Waals surface area contributed by atoms with Crippen molar-refractivity contribution in [1.82, 2.24) is 14.9 Å². The lowest BCUT2D eigenvalue weighted by Gasteiger charge is -2.01. The lowest BCUT2D eigenvalue weighted by atomic mass is 10.1. The summed E-state index contributed by atoms with van der Waals surface area (Å²) in [5, 5.41) is 11.3. The second kappa shape index (κ2) is 5.26. The minimum absolute atomic E-state index is 0.434. The van der Waals surface area contributed by atoms with Crippen LogP contribution in [0.3, 0.4) is 0 Å². The lowest BCUT2D eigenvalue weighted by molar-refractivity contribution is 0.559. The molecule has 0 bridgehead atoms. The Hall–Kier alpha value is -2.47. The van der Waals surface area contributed by atoms with Crippen LogP contribution in [0.1, 0.15) is 11.3 Å². The summed E-state index contributed by atoms with van der Waals surface area (Å²) < 4.78 is 7.21. The third-order valence-electron chi connectivity index (χ3n) is 2.80. The van der Waals surface area contributed by atoms with Gasteiger partial charge in [-0.1, -0.05) is 29.8 Å². The maximum absolute atomic E-state index is 5.21. The predicted molar refractivity (Wildman–Crippen MR) is 79.3 cm³/mol. The van der Waals surface area contributed by atoms with Crippen LogP contribution in [0.4, 0.5) is 0 Å². The molecule has 3 aromatic rings. The molecule has 2 heterocycles. The first kappa shape index (κ1) is 12.6. The Morgan fingerprint density at radius 3 is 2.80 bits per heavy atom. The zero-order chi connectivity index (χ0) is 13.9. The molecule has 0 fully saturated rings. The summed E-state index contributed by atoms with van der Waals surface area (Å²) in [6.07, 6.45) is 3.19.